The molecule has 0 bridgehead atoms. The fraction of sp³-hybridized carbons (Fsp3) is 0.647. The predicted molar refractivity (Wildman–Crippen MR) is 86.2 cm³/mol. The maximum Gasteiger partial charge on any atom is 0.0783 e. The molecule has 3 heteroatoms. The summed E-state index contributed by atoms with van der Waals surface area (Å²) in [5.41, 5.74) is 10.7. The lowest BCUT2D eigenvalue weighted by atomic mass is 9.78. The summed E-state index contributed by atoms with van der Waals surface area (Å²) in [7, 11) is 0. The number of aryl methyl sites for hydroxylation is 2. The van der Waals surface area contributed by atoms with E-state index >= 15 is 0 Å². The summed E-state index contributed by atoms with van der Waals surface area (Å²) in [5, 5.41) is 0. The van der Waals surface area contributed by atoms with Gasteiger partial charge in [0.15, 0.2) is 0 Å². The van der Waals surface area contributed by atoms with Crippen LogP contribution in [-0.2, 0) is 4.74 Å². The molecule has 0 aromatic heterocycles. The molecule has 0 radical (unpaired) electrons. The van der Waals surface area contributed by atoms with Gasteiger partial charge in [0.2, 0.25) is 0 Å². The number of thioether (sulfide) groups is 1. The quantitative estimate of drug-likeness (QED) is 0.904. The molecular weight excluding hydrogens is 266 g/mol. The molecule has 2 saturated heterocycles. The number of benzene rings is 1. The van der Waals surface area contributed by atoms with Crippen LogP contribution in [0.15, 0.2) is 18.2 Å². The second kappa shape index (κ2) is 5.70. The Labute approximate surface area is 126 Å². The van der Waals surface area contributed by atoms with Crippen molar-refractivity contribution in [1.29, 1.82) is 0 Å². The van der Waals surface area contributed by atoms with E-state index in [9.17, 15) is 0 Å². The van der Waals surface area contributed by atoms with Crippen LogP contribution in [0.1, 0.15) is 42.0 Å². The van der Waals surface area contributed by atoms with Crippen molar-refractivity contribution in [2.75, 3.05) is 18.1 Å². The van der Waals surface area contributed by atoms with E-state index in [2.05, 4.69) is 32.0 Å². The molecular formula is C17H25NOS. The molecule has 2 nitrogen and oxygen atoms in total. The van der Waals surface area contributed by atoms with Crippen molar-refractivity contribution in [3.05, 3.63) is 34.9 Å². The van der Waals surface area contributed by atoms with Gasteiger partial charge in [-0.1, -0.05) is 23.8 Å². The van der Waals surface area contributed by atoms with Gasteiger partial charge >= 0.3 is 0 Å². The second-order valence-electron chi connectivity index (χ2n) is 6.47. The van der Waals surface area contributed by atoms with E-state index in [4.69, 9.17) is 10.5 Å². The van der Waals surface area contributed by atoms with Gasteiger partial charge < -0.3 is 10.5 Å². The molecule has 1 aromatic carbocycles. The summed E-state index contributed by atoms with van der Waals surface area (Å²) in [6.45, 7) is 5.20. The Kier molecular flexibility index (Phi) is 4.11. The van der Waals surface area contributed by atoms with Crippen molar-refractivity contribution in [3.8, 4) is 0 Å². The maximum absolute atomic E-state index is 6.63. The van der Waals surface area contributed by atoms with E-state index in [-0.39, 0.29) is 11.6 Å². The topological polar surface area (TPSA) is 35.2 Å². The van der Waals surface area contributed by atoms with Crippen LogP contribution in [-0.4, -0.2) is 23.7 Å². The fourth-order valence-electron chi connectivity index (χ4n) is 3.61. The zero-order chi connectivity index (χ0) is 14.2. The van der Waals surface area contributed by atoms with Crippen LogP contribution in [0.5, 0.6) is 0 Å². The lowest BCUT2D eigenvalue weighted by Crippen LogP contribution is -2.42. The van der Waals surface area contributed by atoms with Crippen molar-refractivity contribution in [2.45, 2.75) is 44.8 Å². The normalized spacial score (nSPS) is 31.6. The minimum absolute atomic E-state index is 0.128. The second-order valence-corrected chi connectivity index (χ2v) is 7.58. The third-order valence-electron chi connectivity index (χ3n) is 4.90. The molecule has 2 aliphatic rings. The van der Waals surface area contributed by atoms with Crippen LogP contribution in [0, 0.1) is 19.8 Å². The Hall–Kier alpha value is -0.510. The first-order valence-electron chi connectivity index (χ1n) is 7.64. The van der Waals surface area contributed by atoms with Crippen LogP contribution in [0.3, 0.4) is 0 Å². The van der Waals surface area contributed by atoms with Crippen molar-refractivity contribution in [2.24, 2.45) is 11.7 Å². The summed E-state index contributed by atoms with van der Waals surface area (Å²) in [4.78, 5) is 0. The molecule has 1 spiro atoms. The van der Waals surface area contributed by atoms with Gasteiger partial charge in [0.05, 0.1) is 5.60 Å². The van der Waals surface area contributed by atoms with Gasteiger partial charge in [-0.15, -0.1) is 0 Å². The predicted octanol–water partition coefficient (Wildman–Crippen LogP) is 3.61. The summed E-state index contributed by atoms with van der Waals surface area (Å²) in [5.74, 6) is 2.96. The molecule has 3 rings (SSSR count). The highest BCUT2D eigenvalue weighted by atomic mass is 32.2. The van der Waals surface area contributed by atoms with E-state index in [1.165, 1.54) is 28.9 Å². The Morgan fingerprint density at radius 3 is 3.00 bits per heavy atom. The Morgan fingerprint density at radius 2 is 2.25 bits per heavy atom. The van der Waals surface area contributed by atoms with Gasteiger partial charge in [-0.05, 0) is 55.9 Å². The van der Waals surface area contributed by atoms with Gasteiger partial charge in [0, 0.05) is 18.4 Å². The minimum atomic E-state index is 0.128. The average Bonchev–Trinajstić information content (AvgIpc) is 2.88. The number of ether oxygens (including phenoxy) is 1. The van der Waals surface area contributed by atoms with Crippen LogP contribution in [0.4, 0.5) is 0 Å². The van der Waals surface area contributed by atoms with Gasteiger partial charge in [-0.25, -0.2) is 0 Å². The molecule has 2 N–H and O–H groups in total. The van der Waals surface area contributed by atoms with Crippen LogP contribution >= 0.6 is 11.8 Å². The van der Waals surface area contributed by atoms with Crippen molar-refractivity contribution in [1.82, 2.24) is 0 Å². The highest BCUT2D eigenvalue weighted by Crippen LogP contribution is 2.43. The van der Waals surface area contributed by atoms with Crippen LogP contribution in [0.2, 0.25) is 0 Å². The van der Waals surface area contributed by atoms with Crippen molar-refractivity contribution >= 4 is 11.8 Å². The standard InChI is InChI=1S/C17H25NOS/c1-12-3-4-13(2)15(9-12)16(18)14-5-7-19-17(10-14)6-8-20-11-17/h3-4,9,14,16H,5-8,10-11,18H2,1-2H3. The highest BCUT2D eigenvalue weighted by molar-refractivity contribution is 7.99. The van der Waals surface area contributed by atoms with Crippen LogP contribution in [0.25, 0.3) is 0 Å². The molecule has 2 aliphatic heterocycles. The van der Waals surface area contributed by atoms with E-state index in [1.54, 1.807) is 0 Å². The molecule has 3 unspecified atom stereocenters. The zero-order valence-electron chi connectivity index (χ0n) is 12.5. The number of nitrogens with two attached hydrogens (primary N) is 1. The van der Waals surface area contributed by atoms with Crippen molar-refractivity contribution in [3.63, 3.8) is 0 Å². The zero-order valence-corrected chi connectivity index (χ0v) is 13.3. The Morgan fingerprint density at radius 1 is 1.40 bits per heavy atom. The lowest BCUT2D eigenvalue weighted by Gasteiger charge is -2.40. The molecule has 1 aromatic rings. The average molecular weight is 291 g/mol. The van der Waals surface area contributed by atoms with Gasteiger partial charge in [0.1, 0.15) is 0 Å². The third-order valence-corrected chi connectivity index (χ3v) is 6.12. The van der Waals surface area contributed by atoms with Crippen LogP contribution < -0.4 is 5.73 Å². The van der Waals surface area contributed by atoms with E-state index < -0.39 is 0 Å². The van der Waals surface area contributed by atoms with Gasteiger partial charge in [-0.2, -0.15) is 11.8 Å². The van der Waals surface area contributed by atoms with Gasteiger partial charge in [0.25, 0.3) is 0 Å². The Bertz CT molecular complexity index is 482. The van der Waals surface area contributed by atoms with Gasteiger partial charge in [-0.3, -0.25) is 0 Å². The third kappa shape index (κ3) is 2.76. The smallest absolute Gasteiger partial charge is 0.0783 e. The fourth-order valence-corrected chi connectivity index (χ4v) is 4.99. The first-order chi connectivity index (χ1) is 9.60. The maximum atomic E-state index is 6.63. The molecule has 3 atom stereocenters. The molecule has 20 heavy (non-hydrogen) atoms. The van der Waals surface area contributed by atoms with Crippen molar-refractivity contribution < 1.29 is 4.74 Å². The lowest BCUT2D eigenvalue weighted by molar-refractivity contribution is -0.0834. The first kappa shape index (κ1) is 14.4. The molecule has 110 valence electrons. The van der Waals surface area contributed by atoms with E-state index in [1.807, 2.05) is 11.8 Å². The van der Waals surface area contributed by atoms with E-state index in [0.717, 1.165) is 25.2 Å². The SMILES string of the molecule is Cc1ccc(C)c(C(N)C2CCOC3(CCSC3)C2)c1. The monoisotopic (exact) mass is 291 g/mol. The Balaban J connectivity index is 1.79. The largest absolute Gasteiger partial charge is 0.374 e. The number of rotatable bonds is 2. The first-order valence-corrected chi connectivity index (χ1v) is 8.80. The van der Waals surface area contributed by atoms with E-state index in [0.29, 0.717) is 5.92 Å². The summed E-state index contributed by atoms with van der Waals surface area (Å²) < 4.78 is 6.12. The number of hydrogen-bond acceptors (Lipinski definition) is 3. The molecule has 0 saturated carbocycles. The minimum Gasteiger partial charge on any atom is -0.374 e. The molecule has 2 fully saturated rings. The molecule has 0 aliphatic carbocycles. The molecule has 0 amide bonds. The summed E-state index contributed by atoms with van der Waals surface area (Å²) in [6.07, 6.45) is 3.43. The number of hydrogen-bond donors (Lipinski definition) is 1. The summed E-state index contributed by atoms with van der Waals surface area (Å²) in [6, 6.07) is 6.79. The summed E-state index contributed by atoms with van der Waals surface area (Å²) >= 11 is 2.03. The molecule has 2 heterocycles. The highest BCUT2D eigenvalue weighted by Gasteiger charge is 2.42.